The topological polar surface area (TPSA) is 44.5 Å². The molecule has 0 aliphatic heterocycles. The molecule has 0 amide bonds. The van der Waals surface area contributed by atoms with Crippen LogP contribution in [-0.2, 0) is 17.6 Å². The fourth-order valence-corrected chi connectivity index (χ4v) is 2.29. The fourth-order valence-electron chi connectivity index (χ4n) is 2.03. The Kier molecular flexibility index (Phi) is 6.05. The van der Waals surface area contributed by atoms with E-state index in [2.05, 4.69) is 0 Å². The quantitative estimate of drug-likeness (QED) is 0.845. The molecule has 2 rings (SSSR count). The largest absolute Gasteiger partial charge is 0.457 e. The molecule has 0 atom stereocenters. The normalized spacial score (nSPS) is 10.6. The number of methoxy groups -OCH3 is 1. The summed E-state index contributed by atoms with van der Waals surface area (Å²) in [6.45, 7) is 1.31. The molecule has 4 heteroatoms. The van der Waals surface area contributed by atoms with Crippen molar-refractivity contribution in [3.63, 3.8) is 0 Å². The molecule has 0 spiro atoms. The summed E-state index contributed by atoms with van der Waals surface area (Å²) >= 11 is 6.21. The van der Waals surface area contributed by atoms with Crippen molar-refractivity contribution in [1.29, 1.82) is 0 Å². The van der Waals surface area contributed by atoms with Crippen molar-refractivity contribution < 1.29 is 9.47 Å². The molecule has 2 aromatic carbocycles. The van der Waals surface area contributed by atoms with Crippen LogP contribution < -0.4 is 10.5 Å². The minimum Gasteiger partial charge on any atom is -0.457 e. The summed E-state index contributed by atoms with van der Waals surface area (Å²) in [4.78, 5) is 0. The van der Waals surface area contributed by atoms with E-state index in [4.69, 9.17) is 26.8 Å². The second kappa shape index (κ2) is 8.03. The zero-order valence-electron chi connectivity index (χ0n) is 12.1. The van der Waals surface area contributed by atoms with E-state index < -0.39 is 0 Å². The molecule has 0 unspecified atom stereocenters. The second-order valence-corrected chi connectivity index (χ2v) is 5.19. The van der Waals surface area contributed by atoms with E-state index in [0.29, 0.717) is 11.6 Å². The molecule has 21 heavy (non-hydrogen) atoms. The highest BCUT2D eigenvalue weighted by atomic mass is 35.5. The molecule has 0 aromatic heterocycles. The van der Waals surface area contributed by atoms with Crippen LogP contribution in [0.5, 0.6) is 11.5 Å². The van der Waals surface area contributed by atoms with Crippen LogP contribution in [0.25, 0.3) is 0 Å². The maximum atomic E-state index is 6.21. The Balaban J connectivity index is 2.02. The summed E-state index contributed by atoms with van der Waals surface area (Å²) in [5.74, 6) is 1.52. The van der Waals surface area contributed by atoms with E-state index in [9.17, 15) is 0 Å². The third-order valence-corrected chi connectivity index (χ3v) is 3.54. The molecule has 2 aromatic rings. The average molecular weight is 306 g/mol. The van der Waals surface area contributed by atoms with Crippen LogP contribution in [0, 0.1) is 0 Å². The van der Waals surface area contributed by atoms with Crippen LogP contribution in [0.3, 0.4) is 0 Å². The maximum Gasteiger partial charge on any atom is 0.128 e. The zero-order chi connectivity index (χ0) is 15.1. The van der Waals surface area contributed by atoms with Crippen molar-refractivity contribution in [2.45, 2.75) is 12.8 Å². The number of nitrogens with two attached hydrogens (primary N) is 1. The van der Waals surface area contributed by atoms with Gasteiger partial charge in [-0.15, -0.1) is 0 Å². The van der Waals surface area contributed by atoms with E-state index in [1.165, 1.54) is 5.56 Å². The number of benzene rings is 2. The highest BCUT2D eigenvalue weighted by molar-refractivity contribution is 6.31. The van der Waals surface area contributed by atoms with E-state index in [1.54, 1.807) is 7.11 Å². The molecule has 2 N–H and O–H groups in total. The third kappa shape index (κ3) is 4.74. The van der Waals surface area contributed by atoms with Crippen LogP contribution in [0.4, 0.5) is 0 Å². The second-order valence-electron chi connectivity index (χ2n) is 4.78. The lowest BCUT2D eigenvalue weighted by Crippen LogP contribution is -2.03. The number of hydrogen-bond acceptors (Lipinski definition) is 3. The van der Waals surface area contributed by atoms with Gasteiger partial charge >= 0.3 is 0 Å². The molecule has 0 aliphatic carbocycles. The number of rotatable bonds is 7. The van der Waals surface area contributed by atoms with Gasteiger partial charge in [0.15, 0.2) is 0 Å². The molecule has 3 nitrogen and oxygen atoms in total. The highest BCUT2D eigenvalue weighted by Crippen LogP contribution is 2.27. The van der Waals surface area contributed by atoms with Gasteiger partial charge in [0.05, 0.1) is 6.61 Å². The lowest BCUT2D eigenvalue weighted by Gasteiger charge is -2.09. The molecule has 0 heterocycles. The van der Waals surface area contributed by atoms with Gasteiger partial charge in [-0.3, -0.25) is 0 Å². The third-order valence-electron chi connectivity index (χ3n) is 3.19. The monoisotopic (exact) mass is 305 g/mol. The summed E-state index contributed by atoms with van der Waals surface area (Å²) in [6.07, 6.45) is 1.67. The first-order chi connectivity index (χ1) is 10.2. The Morgan fingerprint density at radius 1 is 1.00 bits per heavy atom. The number of hydrogen-bond donors (Lipinski definition) is 1. The summed E-state index contributed by atoms with van der Waals surface area (Å²) in [5, 5.41) is 0.690. The van der Waals surface area contributed by atoms with Crippen LogP contribution in [0.2, 0.25) is 5.02 Å². The first-order valence-corrected chi connectivity index (χ1v) is 7.35. The molecule has 112 valence electrons. The first-order valence-electron chi connectivity index (χ1n) is 6.97. The van der Waals surface area contributed by atoms with Gasteiger partial charge in [0.25, 0.3) is 0 Å². The lowest BCUT2D eigenvalue weighted by atomic mass is 10.1. The summed E-state index contributed by atoms with van der Waals surface area (Å²) in [6, 6.07) is 13.7. The van der Waals surface area contributed by atoms with Gasteiger partial charge in [-0.1, -0.05) is 29.8 Å². The van der Waals surface area contributed by atoms with E-state index in [1.807, 2.05) is 42.5 Å². The van der Waals surface area contributed by atoms with Crippen molar-refractivity contribution in [1.82, 2.24) is 0 Å². The van der Waals surface area contributed by atoms with Crippen molar-refractivity contribution in [3.05, 3.63) is 58.6 Å². The van der Waals surface area contributed by atoms with Gasteiger partial charge in [-0.2, -0.15) is 0 Å². The smallest absolute Gasteiger partial charge is 0.128 e. The Hall–Kier alpha value is -1.55. The molecule has 0 aliphatic rings. The van der Waals surface area contributed by atoms with Crippen LogP contribution in [0.15, 0.2) is 42.5 Å². The number of ether oxygens (including phenoxy) is 2. The van der Waals surface area contributed by atoms with E-state index in [0.717, 1.165) is 36.5 Å². The maximum absolute atomic E-state index is 6.21. The average Bonchev–Trinajstić information content (AvgIpc) is 2.49. The molecule has 0 bridgehead atoms. The summed E-state index contributed by atoms with van der Waals surface area (Å²) in [7, 11) is 1.70. The van der Waals surface area contributed by atoms with Gasteiger partial charge in [0.1, 0.15) is 11.5 Å². The molecule has 0 saturated heterocycles. The molecule has 0 fully saturated rings. The molecule has 0 radical (unpaired) electrons. The summed E-state index contributed by atoms with van der Waals surface area (Å²) < 4.78 is 10.9. The van der Waals surface area contributed by atoms with Gasteiger partial charge in [0, 0.05) is 12.1 Å². The van der Waals surface area contributed by atoms with Gasteiger partial charge in [-0.25, -0.2) is 0 Å². The SMILES string of the molecule is COCCc1ccc(Oc2ccc(CCN)c(Cl)c2)cc1. The lowest BCUT2D eigenvalue weighted by molar-refractivity contribution is 0.202. The minimum atomic E-state index is 0.586. The van der Waals surface area contributed by atoms with Gasteiger partial charge in [0.2, 0.25) is 0 Å². The predicted octanol–water partition coefficient (Wildman–Crippen LogP) is 3.82. The van der Waals surface area contributed by atoms with Gasteiger partial charge < -0.3 is 15.2 Å². The van der Waals surface area contributed by atoms with Crippen LogP contribution >= 0.6 is 11.6 Å². The summed E-state index contributed by atoms with van der Waals surface area (Å²) in [5.41, 5.74) is 7.81. The molecular formula is C17H20ClNO2. The number of halogens is 1. The molecular weight excluding hydrogens is 286 g/mol. The van der Waals surface area contributed by atoms with Crippen LogP contribution in [-0.4, -0.2) is 20.3 Å². The standard InChI is InChI=1S/C17H20ClNO2/c1-20-11-9-13-2-5-15(6-3-13)21-16-7-4-14(8-10-19)17(18)12-16/h2-7,12H,8-11,19H2,1H3. The first kappa shape index (κ1) is 15.8. The van der Waals surface area contributed by atoms with Crippen LogP contribution in [0.1, 0.15) is 11.1 Å². The van der Waals surface area contributed by atoms with E-state index in [-0.39, 0.29) is 0 Å². The van der Waals surface area contributed by atoms with Gasteiger partial charge in [-0.05, 0) is 54.8 Å². The van der Waals surface area contributed by atoms with Crippen molar-refractivity contribution in [2.24, 2.45) is 5.73 Å². The zero-order valence-corrected chi connectivity index (χ0v) is 12.9. The van der Waals surface area contributed by atoms with Crippen molar-refractivity contribution in [2.75, 3.05) is 20.3 Å². The minimum absolute atomic E-state index is 0.586. The Bertz CT molecular complexity index is 570. The Morgan fingerprint density at radius 2 is 1.71 bits per heavy atom. The highest BCUT2D eigenvalue weighted by Gasteiger charge is 2.03. The predicted molar refractivity (Wildman–Crippen MR) is 86.3 cm³/mol. The Labute approximate surface area is 130 Å². The fraction of sp³-hybridized carbons (Fsp3) is 0.294. The van der Waals surface area contributed by atoms with E-state index >= 15 is 0 Å². The van der Waals surface area contributed by atoms with Crippen molar-refractivity contribution in [3.8, 4) is 11.5 Å². The Morgan fingerprint density at radius 3 is 2.33 bits per heavy atom. The molecule has 0 saturated carbocycles. The van der Waals surface area contributed by atoms with Crippen molar-refractivity contribution >= 4 is 11.6 Å².